The van der Waals surface area contributed by atoms with Gasteiger partial charge in [-0.25, -0.2) is 4.98 Å². The first kappa shape index (κ1) is 13.7. The number of pyridine rings is 1. The van der Waals surface area contributed by atoms with Crippen LogP contribution < -0.4 is 20.5 Å². The van der Waals surface area contributed by atoms with Crippen LogP contribution >= 0.6 is 15.9 Å². The molecular formula is C14H12BrN3O3. The molecule has 1 amide bonds. The van der Waals surface area contributed by atoms with Crippen molar-refractivity contribution in [1.82, 2.24) is 4.98 Å². The number of halogens is 1. The van der Waals surface area contributed by atoms with Crippen LogP contribution in [-0.2, 0) is 0 Å². The highest BCUT2D eigenvalue weighted by atomic mass is 79.9. The quantitative estimate of drug-likeness (QED) is 0.869. The number of ether oxygens (including phenoxy) is 2. The minimum Gasteiger partial charge on any atom is -0.486 e. The number of carbonyl (C=O) groups excluding carboxylic acids is 1. The normalized spacial score (nSPS) is 12.8. The number of carbonyl (C=O) groups is 1. The fourth-order valence-corrected chi connectivity index (χ4v) is 2.37. The van der Waals surface area contributed by atoms with Gasteiger partial charge in [-0.15, -0.1) is 0 Å². The third-order valence-corrected chi connectivity index (χ3v) is 3.50. The first-order chi connectivity index (χ1) is 10.1. The summed E-state index contributed by atoms with van der Waals surface area (Å²) >= 11 is 3.31. The van der Waals surface area contributed by atoms with Crippen LogP contribution in [-0.4, -0.2) is 24.1 Å². The topological polar surface area (TPSA) is 86.5 Å². The predicted molar refractivity (Wildman–Crippen MR) is 81.7 cm³/mol. The van der Waals surface area contributed by atoms with E-state index in [2.05, 4.69) is 26.2 Å². The zero-order chi connectivity index (χ0) is 14.8. The summed E-state index contributed by atoms with van der Waals surface area (Å²) in [5, 5.41) is 2.71. The van der Waals surface area contributed by atoms with Crippen LogP contribution in [0, 0.1) is 0 Å². The van der Waals surface area contributed by atoms with E-state index in [1.807, 2.05) is 0 Å². The smallest absolute Gasteiger partial charge is 0.256 e. The van der Waals surface area contributed by atoms with E-state index in [9.17, 15) is 4.79 Å². The summed E-state index contributed by atoms with van der Waals surface area (Å²) in [6, 6.07) is 6.71. The predicted octanol–water partition coefficient (Wildman–Crippen LogP) is 2.45. The Balaban J connectivity index is 1.82. The van der Waals surface area contributed by atoms with Crippen molar-refractivity contribution in [3.8, 4) is 11.5 Å². The van der Waals surface area contributed by atoms with E-state index < -0.39 is 0 Å². The van der Waals surface area contributed by atoms with Crippen molar-refractivity contribution in [1.29, 1.82) is 0 Å². The average molecular weight is 350 g/mol. The standard InChI is InChI=1S/C14H12BrN3O3/c15-10-6-9(16)7-17-13(10)18-14(19)8-1-2-11-12(5-8)21-4-3-20-11/h1-2,5-7H,3-4,16H2,(H,17,18,19). The first-order valence-electron chi connectivity index (χ1n) is 6.25. The van der Waals surface area contributed by atoms with Crippen LogP contribution in [0.4, 0.5) is 11.5 Å². The summed E-state index contributed by atoms with van der Waals surface area (Å²) in [5.41, 5.74) is 6.59. The number of nitrogens with one attached hydrogen (secondary N) is 1. The van der Waals surface area contributed by atoms with Crippen molar-refractivity contribution in [3.05, 3.63) is 40.5 Å². The van der Waals surface area contributed by atoms with Crippen LogP contribution in [0.15, 0.2) is 34.9 Å². The van der Waals surface area contributed by atoms with E-state index in [1.54, 1.807) is 24.3 Å². The number of rotatable bonds is 2. The molecule has 0 aliphatic carbocycles. The van der Waals surface area contributed by atoms with E-state index in [-0.39, 0.29) is 5.91 Å². The van der Waals surface area contributed by atoms with Gasteiger partial charge >= 0.3 is 0 Å². The van der Waals surface area contributed by atoms with Crippen molar-refractivity contribution in [2.45, 2.75) is 0 Å². The maximum atomic E-state index is 12.2. The second kappa shape index (κ2) is 5.61. The van der Waals surface area contributed by atoms with Gasteiger partial charge < -0.3 is 20.5 Å². The molecule has 0 unspecified atom stereocenters. The summed E-state index contributed by atoms with van der Waals surface area (Å²) < 4.78 is 11.5. The Labute approximate surface area is 129 Å². The highest BCUT2D eigenvalue weighted by molar-refractivity contribution is 9.10. The van der Waals surface area contributed by atoms with Gasteiger partial charge in [0.1, 0.15) is 19.0 Å². The van der Waals surface area contributed by atoms with E-state index >= 15 is 0 Å². The average Bonchev–Trinajstić information content (AvgIpc) is 2.49. The number of nitrogens with zero attached hydrogens (tertiary/aromatic N) is 1. The molecule has 7 heteroatoms. The van der Waals surface area contributed by atoms with E-state index in [0.717, 1.165) is 0 Å². The summed E-state index contributed by atoms with van der Waals surface area (Å²) in [6.07, 6.45) is 1.48. The number of benzene rings is 1. The van der Waals surface area contributed by atoms with Gasteiger partial charge in [-0.3, -0.25) is 4.79 Å². The van der Waals surface area contributed by atoms with Crippen LogP contribution in [0.5, 0.6) is 11.5 Å². The van der Waals surface area contributed by atoms with Gasteiger partial charge in [-0.1, -0.05) is 0 Å². The fourth-order valence-electron chi connectivity index (χ4n) is 1.91. The molecule has 1 aliphatic heterocycles. The molecule has 3 rings (SSSR count). The number of anilines is 2. The maximum Gasteiger partial charge on any atom is 0.256 e. The second-order valence-corrected chi connectivity index (χ2v) is 5.27. The summed E-state index contributed by atoms with van der Waals surface area (Å²) in [6.45, 7) is 0.990. The number of hydrogen-bond donors (Lipinski definition) is 2. The number of hydrogen-bond acceptors (Lipinski definition) is 5. The molecule has 2 aromatic rings. The highest BCUT2D eigenvalue weighted by Gasteiger charge is 2.16. The molecule has 6 nitrogen and oxygen atoms in total. The minimum absolute atomic E-state index is 0.287. The zero-order valence-corrected chi connectivity index (χ0v) is 12.5. The van der Waals surface area contributed by atoms with Crippen LogP contribution in [0.25, 0.3) is 0 Å². The molecule has 0 saturated carbocycles. The lowest BCUT2D eigenvalue weighted by Gasteiger charge is -2.18. The molecule has 0 spiro atoms. The van der Waals surface area contributed by atoms with Crippen molar-refractivity contribution >= 4 is 33.3 Å². The highest BCUT2D eigenvalue weighted by Crippen LogP contribution is 2.31. The van der Waals surface area contributed by atoms with Crippen LogP contribution in [0.1, 0.15) is 10.4 Å². The maximum absolute atomic E-state index is 12.2. The first-order valence-corrected chi connectivity index (χ1v) is 7.05. The molecule has 2 heterocycles. The van der Waals surface area contributed by atoms with E-state index in [0.29, 0.717) is 46.3 Å². The van der Waals surface area contributed by atoms with Gasteiger partial charge in [0.2, 0.25) is 0 Å². The SMILES string of the molecule is Nc1cnc(NC(=O)c2ccc3c(c2)OCCO3)c(Br)c1. The number of aromatic nitrogens is 1. The van der Waals surface area contributed by atoms with Gasteiger partial charge in [-0.2, -0.15) is 0 Å². The van der Waals surface area contributed by atoms with Gasteiger partial charge in [-0.05, 0) is 40.2 Å². The molecule has 0 atom stereocenters. The molecule has 3 N–H and O–H groups in total. The zero-order valence-electron chi connectivity index (χ0n) is 10.9. The number of fused-ring (bicyclic) bond motifs is 1. The van der Waals surface area contributed by atoms with Gasteiger partial charge in [0.05, 0.1) is 16.4 Å². The number of amides is 1. The van der Waals surface area contributed by atoms with Crippen molar-refractivity contribution < 1.29 is 14.3 Å². The van der Waals surface area contributed by atoms with E-state index in [1.165, 1.54) is 6.20 Å². The lowest BCUT2D eigenvalue weighted by Crippen LogP contribution is -2.17. The number of nitrogens with two attached hydrogens (primary N) is 1. The monoisotopic (exact) mass is 349 g/mol. The molecule has 1 aliphatic rings. The fraction of sp³-hybridized carbons (Fsp3) is 0.143. The van der Waals surface area contributed by atoms with Crippen molar-refractivity contribution in [3.63, 3.8) is 0 Å². The largest absolute Gasteiger partial charge is 0.486 e. The molecule has 0 bridgehead atoms. The lowest BCUT2D eigenvalue weighted by atomic mass is 10.2. The van der Waals surface area contributed by atoms with Crippen LogP contribution in [0.3, 0.4) is 0 Å². The Hall–Kier alpha value is -2.28. The molecule has 1 aromatic carbocycles. The Bertz CT molecular complexity index is 706. The van der Waals surface area contributed by atoms with Gasteiger partial charge in [0.25, 0.3) is 5.91 Å². The van der Waals surface area contributed by atoms with Gasteiger partial charge in [0.15, 0.2) is 11.5 Å². The van der Waals surface area contributed by atoms with E-state index in [4.69, 9.17) is 15.2 Å². The Morgan fingerprint density at radius 3 is 2.76 bits per heavy atom. The second-order valence-electron chi connectivity index (χ2n) is 4.41. The molecular weight excluding hydrogens is 338 g/mol. The summed E-state index contributed by atoms with van der Waals surface area (Å²) in [4.78, 5) is 16.3. The summed E-state index contributed by atoms with van der Waals surface area (Å²) in [5.74, 6) is 1.33. The Kier molecular flexibility index (Phi) is 3.66. The minimum atomic E-state index is -0.287. The van der Waals surface area contributed by atoms with Crippen LogP contribution in [0.2, 0.25) is 0 Å². The Morgan fingerprint density at radius 2 is 2.00 bits per heavy atom. The Morgan fingerprint density at radius 1 is 1.24 bits per heavy atom. The lowest BCUT2D eigenvalue weighted by molar-refractivity contribution is 0.102. The third-order valence-electron chi connectivity index (χ3n) is 2.90. The molecule has 108 valence electrons. The molecule has 1 aromatic heterocycles. The number of nitrogen functional groups attached to an aromatic ring is 1. The molecule has 21 heavy (non-hydrogen) atoms. The molecule has 0 fully saturated rings. The van der Waals surface area contributed by atoms with Crippen molar-refractivity contribution in [2.75, 3.05) is 24.3 Å². The van der Waals surface area contributed by atoms with Gasteiger partial charge in [0, 0.05) is 5.56 Å². The van der Waals surface area contributed by atoms with Crippen molar-refractivity contribution in [2.24, 2.45) is 0 Å². The summed E-state index contributed by atoms with van der Waals surface area (Å²) in [7, 11) is 0. The molecule has 0 saturated heterocycles. The molecule has 0 radical (unpaired) electrons. The third kappa shape index (κ3) is 2.92.